The summed E-state index contributed by atoms with van der Waals surface area (Å²) in [4.78, 5) is 11.9. The van der Waals surface area contributed by atoms with Gasteiger partial charge in [0.25, 0.3) is 5.91 Å². The highest BCUT2D eigenvalue weighted by atomic mass is 19.1. The zero-order chi connectivity index (χ0) is 12.3. The summed E-state index contributed by atoms with van der Waals surface area (Å²) in [7, 11) is 0. The number of nitrogens with one attached hydrogen (secondary N) is 1. The summed E-state index contributed by atoms with van der Waals surface area (Å²) >= 11 is 0. The molecular formula is C12H15FN2O2. The molecule has 1 N–H and O–H groups in total. The summed E-state index contributed by atoms with van der Waals surface area (Å²) in [5, 5.41) is 1.81. The molecule has 2 rings (SSSR count). The van der Waals surface area contributed by atoms with Gasteiger partial charge in [0, 0.05) is 18.7 Å². The van der Waals surface area contributed by atoms with E-state index in [1.165, 1.54) is 18.2 Å². The maximum Gasteiger partial charge on any atom is 0.265 e. The normalized spacial score (nSPS) is 16.8. The third-order valence-electron chi connectivity index (χ3n) is 2.70. The molecule has 1 aromatic carbocycles. The number of carbonyl (C=O) groups excluding carboxylic acids is 1. The van der Waals surface area contributed by atoms with Crippen molar-refractivity contribution in [3.63, 3.8) is 0 Å². The number of rotatable bonds is 2. The topological polar surface area (TPSA) is 41.6 Å². The predicted octanol–water partition coefficient (Wildman–Crippen LogP) is 1.11. The molecule has 0 atom stereocenters. The van der Waals surface area contributed by atoms with E-state index in [0.717, 1.165) is 0 Å². The van der Waals surface area contributed by atoms with Crippen molar-refractivity contribution >= 4 is 5.91 Å². The highest BCUT2D eigenvalue weighted by Gasteiger charge is 2.15. The van der Waals surface area contributed by atoms with E-state index in [4.69, 9.17) is 4.74 Å². The number of hydrogen-bond donors (Lipinski definition) is 1. The fraction of sp³-hybridized carbons (Fsp3) is 0.417. The van der Waals surface area contributed by atoms with Crippen LogP contribution in [0.3, 0.4) is 0 Å². The van der Waals surface area contributed by atoms with Crippen LogP contribution in [0.1, 0.15) is 15.9 Å². The molecule has 0 aromatic heterocycles. The van der Waals surface area contributed by atoms with E-state index in [-0.39, 0.29) is 11.7 Å². The van der Waals surface area contributed by atoms with Gasteiger partial charge in [-0.05, 0) is 30.7 Å². The SMILES string of the molecule is Cc1cc(F)ccc1C(=O)NN1CCOCC1. The van der Waals surface area contributed by atoms with Gasteiger partial charge in [0.15, 0.2) is 0 Å². The predicted molar refractivity (Wildman–Crippen MR) is 61.0 cm³/mol. The number of aryl methyl sites for hydroxylation is 1. The lowest BCUT2D eigenvalue weighted by molar-refractivity contribution is 0.0126. The quantitative estimate of drug-likeness (QED) is 0.839. The number of benzene rings is 1. The Balaban J connectivity index is 2.03. The second-order valence-corrected chi connectivity index (χ2v) is 4.00. The lowest BCUT2D eigenvalue weighted by atomic mass is 10.1. The first-order valence-electron chi connectivity index (χ1n) is 5.56. The first-order chi connectivity index (χ1) is 8.16. The number of ether oxygens (including phenoxy) is 1. The molecule has 0 unspecified atom stereocenters. The molecule has 1 amide bonds. The fourth-order valence-corrected chi connectivity index (χ4v) is 1.76. The van der Waals surface area contributed by atoms with Crippen molar-refractivity contribution in [2.75, 3.05) is 26.3 Å². The summed E-state index contributed by atoms with van der Waals surface area (Å²) in [5.41, 5.74) is 3.92. The molecule has 17 heavy (non-hydrogen) atoms. The molecule has 0 aliphatic carbocycles. The van der Waals surface area contributed by atoms with Crippen LogP contribution in [0, 0.1) is 12.7 Å². The van der Waals surface area contributed by atoms with Crippen molar-refractivity contribution in [1.82, 2.24) is 10.4 Å². The van der Waals surface area contributed by atoms with Crippen LogP contribution in [0.25, 0.3) is 0 Å². The van der Waals surface area contributed by atoms with E-state index in [1.807, 2.05) is 5.01 Å². The molecule has 92 valence electrons. The molecule has 5 heteroatoms. The molecule has 0 saturated carbocycles. The van der Waals surface area contributed by atoms with Crippen molar-refractivity contribution in [2.24, 2.45) is 0 Å². The monoisotopic (exact) mass is 238 g/mol. The molecule has 1 heterocycles. The standard InChI is InChI=1S/C12H15FN2O2/c1-9-8-10(13)2-3-11(9)12(16)14-15-4-6-17-7-5-15/h2-3,8H,4-7H2,1H3,(H,14,16). The molecule has 0 radical (unpaired) electrons. The summed E-state index contributed by atoms with van der Waals surface area (Å²) < 4.78 is 18.1. The summed E-state index contributed by atoms with van der Waals surface area (Å²) in [6.07, 6.45) is 0. The van der Waals surface area contributed by atoms with Crippen LogP contribution < -0.4 is 5.43 Å². The number of amides is 1. The van der Waals surface area contributed by atoms with Crippen LogP contribution in [-0.2, 0) is 4.74 Å². The van der Waals surface area contributed by atoms with Crippen LogP contribution in [-0.4, -0.2) is 37.2 Å². The molecule has 0 spiro atoms. The van der Waals surface area contributed by atoms with Crippen molar-refractivity contribution < 1.29 is 13.9 Å². The highest BCUT2D eigenvalue weighted by molar-refractivity contribution is 5.95. The molecule has 0 bridgehead atoms. The number of carbonyl (C=O) groups is 1. The third kappa shape index (κ3) is 3.01. The van der Waals surface area contributed by atoms with Crippen LogP contribution in [0.15, 0.2) is 18.2 Å². The van der Waals surface area contributed by atoms with E-state index >= 15 is 0 Å². The summed E-state index contributed by atoms with van der Waals surface area (Å²) in [6.45, 7) is 4.29. The summed E-state index contributed by atoms with van der Waals surface area (Å²) in [5.74, 6) is -0.533. The minimum absolute atomic E-state index is 0.204. The average Bonchev–Trinajstić information content (AvgIpc) is 2.30. The van der Waals surface area contributed by atoms with E-state index in [0.29, 0.717) is 37.4 Å². The number of hydrazine groups is 1. The van der Waals surface area contributed by atoms with E-state index in [1.54, 1.807) is 6.92 Å². The maximum absolute atomic E-state index is 12.9. The number of hydrogen-bond acceptors (Lipinski definition) is 3. The van der Waals surface area contributed by atoms with Gasteiger partial charge in [0.05, 0.1) is 13.2 Å². The van der Waals surface area contributed by atoms with Crippen molar-refractivity contribution in [2.45, 2.75) is 6.92 Å². The zero-order valence-corrected chi connectivity index (χ0v) is 9.70. The van der Waals surface area contributed by atoms with E-state index in [2.05, 4.69) is 5.43 Å². The second-order valence-electron chi connectivity index (χ2n) is 4.00. The highest BCUT2D eigenvalue weighted by Crippen LogP contribution is 2.10. The Hall–Kier alpha value is -1.46. The smallest absolute Gasteiger partial charge is 0.265 e. The molecule has 1 aliphatic rings. The van der Waals surface area contributed by atoms with Crippen molar-refractivity contribution in [3.8, 4) is 0 Å². The van der Waals surface area contributed by atoms with Crippen molar-refractivity contribution in [3.05, 3.63) is 35.1 Å². The second kappa shape index (κ2) is 5.25. The summed E-state index contributed by atoms with van der Waals surface area (Å²) in [6, 6.07) is 4.15. The Labute approximate surface area is 99.3 Å². The maximum atomic E-state index is 12.9. The largest absolute Gasteiger partial charge is 0.379 e. The molecule has 4 nitrogen and oxygen atoms in total. The molecule has 1 saturated heterocycles. The van der Waals surface area contributed by atoms with Crippen LogP contribution in [0.5, 0.6) is 0 Å². The van der Waals surface area contributed by atoms with Gasteiger partial charge in [0.1, 0.15) is 5.82 Å². The Kier molecular flexibility index (Phi) is 3.71. The Bertz CT molecular complexity index is 417. The molecule has 1 aromatic rings. The van der Waals surface area contributed by atoms with E-state index in [9.17, 15) is 9.18 Å². The van der Waals surface area contributed by atoms with E-state index < -0.39 is 0 Å². The van der Waals surface area contributed by atoms with Gasteiger partial charge in [0.2, 0.25) is 0 Å². The first kappa shape index (κ1) is 12.0. The zero-order valence-electron chi connectivity index (χ0n) is 9.70. The van der Waals surface area contributed by atoms with Gasteiger partial charge >= 0.3 is 0 Å². The van der Waals surface area contributed by atoms with Gasteiger partial charge in [-0.3, -0.25) is 10.2 Å². The van der Waals surface area contributed by atoms with Crippen LogP contribution >= 0.6 is 0 Å². The van der Waals surface area contributed by atoms with Crippen LogP contribution in [0.2, 0.25) is 0 Å². The molecule has 1 fully saturated rings. The Morgan fingerprint density at radius 1 is 1.41 bits per heavy atom. The minimum atomic E-state index is -0.328. The van der Waals surface area contributed by atoms with Crippen LogP contribution in [0.4, 0.5) is 4.39 Å². The first-order valence-corrected chi connectivity index (χ1v) is 5.56. The number of nitrogens with zero attached hydrogens (tertiary/aromatic N) is 1. The lowest BCUT2D eigenvalue weighted by Gasteiger charge is -2.27. The van der Waals surface area contributed by atoms with Gasteiger partial charge in [-0.25, -0.2) is 9.40 Å². The van der Waals surface area contributed by atoms with Gasteiger partial charge in [-0.15, -0.1) is 0 Å². The fourth-order valence-electron chi connectivity index (χ4n) is 1.76. The van der Waals surface area contributed by atoms with Gasteiger partial charge < -0.3 is 4.74 Å². The molecular weight excluding hydrogens is 223 g/mol. The molecule has 1 aliphatic heterocycles. The number of halogens is 1. The van der Waals surface area contributed by atoms with Gasteiger partial charge in [-0.1, -0.05) is 0 Å². The minimum Gasteiger partial charge on any atom is -0.379 e. The Morgan fingerprint density at radius 2 is 2.12 bits per heavy atom. The Morgan fingerprint density at radius 3 is 2.76 bits per heavy atom. The number of morpholine rings is 1. The van der Waals surface area contributed by atoms with Crippen molar-refractivity contribution in [1.29, 1.82) is 0 Å². The average molecular weight is 238 g/mol. The lowest BCUT2D eigenvalue weighted by Crippen LogP contribution is -2.48. The third-order valence-corrected chi connectivity index (χ3v) is 2.70. The van der Waals surface area contributed by atoms with Gasteiger partial charge in [-0.2, -0.15) is 0 Å².